The molecule has 2 unspecified atom stereocenters. The summed E-state index contributed by atoms with van der Waals surface area (Å²) in [7, 11) is 0. The van der Waals surface area contributed by atoms with Gasteiger partial charge in [0.2, 0.25) is 0 Å². The quantitative estimate of drug-likeness (QED) is 0.625. The molecular weight excluding hydrogens is 342 g/mol. The fourth-order valence-corrected chi connectivity index (χ4v) is 2.64. The second-order valence-corrected chi connectivity index (χ2v) is 6.76. The molecule has 6 heteroatoms. The summed E-state index contributed by atoms with van der Waals surface area (Å²) < 4.78 is 6.46. The molecule has 1 rings (SSSR count). The van der Waals surface area contributed by atoms with E-state index in [2.05, 4.69) is 21.2 Å². The molecule has 114 valence electrons. The number of hydrogen-bond donors (Lipinski definition) is 3. The standard InChI is InChI=1S/C14H22BrNO3S/c1-14(18,10-20-2)9-16-7-12(17)8-19-13-5-3-11(15)4-6-13/h3-6,12,16-18H,7-10H2,1-2H3. The van der Waals surface area contributed by atoms with E-state index in [1.165, 1.54) is 0 Å². The Hall–Kier alpha value is -0.270. The third kappa shape index (κ3) is 7.50. The van der Waals surface area contributed by atoms with E-state index >= 15 is 0 Å². The number of benzene rings is 1. The van der Waals surface area contributed by atoms with Crippen LogP contribution < -0.4 is 10.1 Å². The van der Waals surface area contributed by atoms with Gasteiger partial charge >= 0.3 is 0 Å². The van der Waals surface area contributed by atoms with Crippen LogP contribution in [0.25, 0.3) is 0 Å². The highest BCUT2D eigenvalue weighted by molar-refractivity contribution is 9.10. The van der Waals surface area contributed by atoms with Crippen molar-refractivity contribution in [2.24, 2.45) is 0 Å². The summed E-state index contributed by atoms with van der Waals surface area (Å²) in [5.41, 5.74) is -0.758. The van der Waals surface area contributed by atoms with Gasteiger partial charge < -0.3 is 20.3 Å². The first-order valence-electron chi connectivity index (χ1n) is 6.41. The predicted molar refractivity (Wildman–Crippen MR) is 87.5 cm³/mol. The van der Waals surface area contributed by atoms with Gasteiger partial charge in [-0.25, -0.2) is 0 Å². The molecule has 0 aliphatic carbocycles. The van der Waals surface area contributed by atoms with Crippen LogP contribution in [0.3, 0.4) is 0 Å². The monoisotopic (exact) mass is 363 g/mol. The maximum Gasteiger partial charge on any atom is 0.119 e. The first kappa shape index (κ1) is 17.8. The predicted octanol–water partition coefficient (Wildman–Crippen LogP) is 1.89. The highest BCUT2D eigenvalue weighted by atomic mass is 79.9. The van der Waals surface area contributed by atoms with Crippen LogP contribution in [0.15, 0.2) is 28.7 Å². The van der Waals surface area contributed by atoms with Crippen molar-refractivity contribution in [3.63, 3.8) is 0 Å². The van der Waals surface area contributed by atoms with E-state index in [1.807, 2.05) is 30.5 Å². The molecule has 0 heterocycles. The highest BCUT2D eigenvalue weighted by Gasteiger charge is 2.19. The fourth-order valence-electron chi connectivity index (χ4n) is 1.65. The van der Waals surface area contributed by atoms with Gasteiger partial charge in [0.25, 0.3) is 0 Å². The molecule has 0 saturated heterocycles. The molecule has 0 aliphatic heterocycles. The third-order valence-electron chi connectivity index (χ3n) is 2.60. The number of halogens is 1. The van der Waals surface area contributed by atoms with E-state index in [0.29, 0.717) is 18.8 Å². The summed E-state index contributed by atoms with van der Waals surface area (Å²) in [6, 6.07) is 7.46. The minimum absolute atomic E-state index is 0.222. The largest absolute Gasteiger partial charge is 0.491 e. The average molecular weight is 364 g/mol. The second kappa shape index (κ2) is 8.89. The zero-order valence-corrected chi connectivity index (χ0v) is 14.2. The SMILES string of the molecule is CSCC(C)(O)CNCC(O)COc1ccc(Br)cc1. The van der Waals surface area contributed by atoms with Gasteiger partial charge in [0.05, 0.1) is 5.60 Å². The van der Waals surface area contributed by atoms with Crippen LogP contribution in [0, 0.1) is 0 Å². The summed E-state index contributed by atoms with van der Waals surface area (Å²) in [4.78, 5) is 0. The Kier molecular flexibility index (Phi) is 7.91. The maximum atomic E-state index is 9.96. The number of rotatable bonds is 9. The molecule has 0 bridgehead atoms. The average Bonchev–Trinajstić information content (AvgIpc) is 2.37. The van der Waals surface area contributed by atoms with E-state index < -0.39 is 11.7 Å². The number of ether oxygens (including phenoxy) is 1. The molecule has 20 heavy (non-hydrogen) atoms. The number of aliphatic hydroxyl groups excluding tert-OH is 1. The van der Waals surface area contributed by atoms with Gasteiger partial charge in [-0.15, -0.1) is 0 Å². The molecule has 0 aromatic heterocycles. The highest BCUT2D eigenvalue weighted by Crippen LogP contribution is 2.16. The smallest absolute Gasteiger partial charge is 0.119 e. The van der Waals surface area contributed by atoms with Gasteiger partial charge in [-0.1, -0.05) is 15.9 Å². The van der Waals surface area contributed by atoms with Gasteiger partial charge in [0.1, 0.15) is 18.5 Å². The normalized spacial score (nSPS) is 15.7. The van der Waals surface area contributed by atoms with Crippen molar-refractivity contribution in [1.82, 2.24) is 5.32 Å². The van der Waals surface area contributed by atoms with E-state index in [-0.39, 0.29) is 6.61 Å². The Morgan fingerprint density at radius 1 is 1.40 bits per heavy atom. The summed E-state index contributed by atoms with van der Waals surface area (Å²) in [6.45, 7) is 2.84. The van der Waals surface area contributed by atoms with Crippen LogP contribution in [0.2, 0.25) is 0 Å². The van der Waals surface area contributed by atoms with E-state index in [9.17, 15) is 10.2 Å². The Morgan fingerprint density at radius 2 is 2.05 bits per heavy atom. The topological polar surface area (TPSA) is 61.7 Å². The lowest BCUT2D eigenvalue weighted by Gasteiger charge is -2.23. The molecule has 0 fully saturated rings. The summed E-state index contributed by atoms with van der Waals surface area (Å²) in [5, 5.41) is 22.8. The lowest BCUT2D eigenvalue weighted by molar-refractivity contribution is 0.0701. The van der Waals surface area contributed by atoms with E-state index in [4.69, 9.17) is 4.74 Å². The van der Waals surface area contributed by atoms with Gasteiger partial charge in [0.15, 0.2) is 0 Å². The van der Waals surface area contributed by atoms with Gasteiger partial charge in [-0.3, -0.25) is 0 Å². The van der Waals surface area contributed by atoms with Crippen LogP contribution in [0.5, 0.6) is 5.75 Å². The van der Waals surface area contributed by atoms with E-state index in [0.717, 1.165) is 10.2 Å². The maximum absolute atomic E-state index is 9.96. The van der Waals surface area contributed by atoms with Crippen molar-refractivity contribution in [2.75, 3.05) is 31.7 Å². The molecule has 0 spiro atoms. The molecule has 0 radical (unpaired) electrons. The Morgan fingerprint density at radius 3 is 2.65 bits per heavy atom. The van der Waals surface area contributed by atoms with E-state index in [1.54, 1.807) is 18.7 Å². The Bertz CT molecular complexity index is 387. The van der Waals surface area contributed by atoms with Gasteiger partial charge in [-0.05, 0) is 37.4 Å². The van der Waals surface area contributed by atoms with Gasteiger partial charge in [0, 0.05) is 23.3 Å². The minimum atomic E-state index is -0.758. The first-order chi connectivity index (χ1) is 9.43. The van der Waals surface area contributed by atoms with Crippen molar-refractivity contribution in [2.45, 2.75) is 18.6 Å². The molecule has 4 nitrogen and oxygen atoms in total. The van der Waals surface area contributed by atoms with Crippen molar-refractivity contribution in [1.29, 1.82) is 0 Å². The number of aliphatic hydroxyl groups is 2. The first-order valence-corrected chi connectivity index (χ1v) is 8.60. The molecular formula is C14H22BrNO3S. The molecule has 0 aliphatic rings. The van der Waals surface area contributed by atoms with Crippen molar-refractivity contribution in [3.8, 4) is 5.75 Å². The lowest BCUT2D eigenvalue weighted by Crippen LogP contribution is -2.43. The summed E-state index contributed by atoms with van der Waals surface area (Å²) in [6.07, 6.45) is 1.35. The minimum Gasteiger partial charge on any atom is -0.491 e. The van der Waals surface area contributed by atoms with Crippen LogP contribution in [-0.4, -0.2) is 53.6 Å². The number of thioether (sulfide) groups is 1. The number of nitrogens with one attached hydrogen (secondary N) is 1. The molecule has 2 atom stereocenters. The van der Waals surface area contributed by atoms with Gasteiger partial charge in [-0.2, -0.15) is 11.8 Å². The zero-order valence-electron chi connectivity index (χ0n) is 11.8. The van der Waals surface area contributed by atoms with Crippen LogP contribution in [0.4, 0.5) is 0 Å². The third-order valence-corrected chi connectivity index (χ3v) is 4.04. The number of hydrogen-bond acceptors (Lipinski definition) is 5. The Labute approximate surface area is 133 Å². The summed E-state index contributed by atoms with van der Waals surface area (Å²) >= 11 is 4.95. The fraction of sp³-hybridized carbons (Fsp3) is 0.571. The Balaban J connectivity index is 2.20. The van der Waals surface area contributed by atoms with Crippen molar-refractivity contribution in [3.05, 3.63) is 28.7 Å². The van der Waals surface area contributed by atoms with Crippen LogP contribution in [-0.2, 0) is 0 Å². The molecule has 1 aromatic carbocycles. The lowest BCUT2D eigenvalue weighted by atomic mass is 10.1. The molecule has 0 saturated carbocycles. The zero-order chi connectivity index (χ0) is 15.0. The molecule has 1 aromatic rings. The molecule has 0 amide bonds. The van der Waals surface area contributed by atoms with Crippen molar-refractivity contribution >= 4 is 27.7 Å². The van der Waals surface area contributed by atoms with Crippen LogP contribution in [0.1, 0.15) is 6.92 Å². The summed E-state index contributed by atoms with van der Waals surface area (Å²) in [5.74, 6) is 1.38. The molecule has 3 N–H and O–H groups in total. The van der Waals surface area contributed by atoms with Crippen LogP contribution >= 0.6 is 27.7 Å². The second-order valence-electron chi connectivity index (χ2n) is 4.98. The van der Waals surface area contributed by atoms with Crippen molar-refractivity contribution < 1.29 is 14.9 Å².